The molecule has 3 heterocycles. The van der Waals surface area contributed by atoms with Crippen molar-refractivity contribution in [1.82, 2.24) is 9.97 Å². The monoisotopic (exact) mass is 659 g/mol. The Labute approximate surface area is 281 Å². The van der Waals surface area contributed by atoms with Gasteiger partial charge in [0.1, 0.15) is 11.4 Å². The summed E-state index contributed by atoms with van der Waals surface area (Å²) in [5.41, 5.74) is 2.29. The molecule has 0 unspecified atom stereocenters. The van der Waals surface area contributed by atoms with Crippen molar-refractivity contribution in [2.45, 2.75) is 78.2 Å². The molecule has 3 aliphatic rings. The Hall–Kier alpha value is -4.93. The second-order valence-electron chi connectivity index (χ2n) is 11.5. The van der Waals surface area contributed by atoms with Gasteiger partial charge in [-0.2, -0.15) is 0 Å². The standard InChI is InChI=1S/C15H17NO4.C12H10N2O.C9H14O3.CH4/c1-2-19-13(17)10-3-6-15(7-4-10)12-9-16-8-5-11(12)14(18)20-15;15-12(10-6-8-13-9-7-10)14-11-4-2-1-3-5-11;1-2-12-9(11)7-3-5-8(10)6-4-7;/h5,8-10H,2-4,6-7H2,1H3;1-9H,(H,14,15);7H,2-6H2,1H3;1H4. The zero-order valence-corrected chi connectivity index (χ0v) is 26.8. The van der Waals surface area contributed by atoms with E-state index in [4.69, 9.17) is 14.2 Å². The predicted octanol–water partition coefficient (Wildman–Crippen LogP) is 6.48. The molecule has 0 radical (unpaired) electrons. The molecule has 48 heavy (non-hydrogen) atoms. The van der Waals surface area contributed by atoms with Crippen molar-refractivity contribution >= 4 is 35.3 Å². The van der Waals surface area contributed by atoms with Crippen LogP contribution in [-0.2, 0) is 34.2 Å². The number of carbonyl (C=O) groups is 5. The fourth-order valence-corrected chi connectivity index (χ4v) is 5.84. The quantitative estimate of drug-likeness (QED) is 0.230. The Morgan fingerprint density at radius 3 is 1.96 bits per heavy atom. The smallest absolute Gasteiger partial charge is 0.339 e. The van der Waals surface area contributed by atoms with Gasteiger partial charge in [-0.3, -0.25) is 29.1 Å². The first-order valence-electron chi connectivity index (χ1n) is 16.1. The summed E-state index contributed by atoms with van der Waals surface area (Å²) < 4.78 is 15.5. The summed E-state index contributed by atoms with van der Waals surface area (Å²) in [6, 6.07) is 14.4. The van der Waals surface area contributed by atoms with Crippen LogP contribution in [0.5, 0.6) is 0 Å². The third-order valence-corrected chi connectivity index (χ3v) is 8.37. The largest absolute Gasteiger partial charge is 0.466 e. The summed E-state index contributed by atoms with van der Waals surface area (Å²) in [4.78, 5) is 65.3. The Morgan fingerprint density at radius 2 is 1.38 bits per heavy atom. The van der Waals surface area contributed by atoms with E-state index in [1.807, 2.05) is 37.3 Å². The molecule has 1 spiro atoms. The second kappa shape index (κ2) is 18.4. The summed E-state index contributed by atoms with van der Waals surface area (Å²) in [6.45, 7) is 4.44. The number of ketones is 1. The maximum atomic E-state index is 11.9. The van der Waals surface area contributed by atoms with Gasteiger partial charge < -0.3 is 19.5 Å². The van der Waals surface area contributed by atoms with Gasteiger partial charge in [0.2, 0.25) is 0 Å². The molecule has 1 aromatic carbocycles. The zero-order chi connectivity index (χ0) is 33.6. The molecular weight excluding hydrogens is 614 g/mol. The number of fused-ring (bicyclic) bond motifs is 2. The lowest BCUT2D eigenvalue weighted by molar-refractivity contribution is -0.151. The zero-order valence-electron chi connectivity index (χ0n) is 26.8. The van der Waals surface area contributed by atoms with Crippen LogP contribution in [0, 0.1) is 11.8 Å². The Balaban J connectivity index is 0.000000200. The van der Waals surface area contributed by atoms with Gasteiger partial charge in [0.15, 0.2) is 0 Å². The van der Waals surface area contributed by atoms with Crippen molar-refractivity contribution in [2.75, 3.05) is 18.5 Å². The van der Waals surface area contributed by atoms with E-state index in [2.05, 4.69) is 15.3 Å². The molecule has 0 saturated heterocycles. The number of esters is 3. The van der Waals surface area contributed by atoms with Crippen LogP contribution in [0.3, 0.4) is 0 Å². The Kier molecular flexibility index (Phi) is 14.4. The molecule has 0 atom stereocenters. The maximum absolute atomic E-state index is 11.9. The maximum Gasteiger partial charge on any atom is 0.339 e. The first-order valence-corrected chi connectivity index (χ1v) is 16.1. The number of carbonyl (C=O) groups excluding carboxylic acids is 5. The van der Waals surface area contributed by atoms with Gasteiger partial charge in [-0.15, -0.1) is 0 Å². The molecule has 256 valence electrons. The number of ether oxygens (including phenoxy) is 3. The first-order chi connectivity index (χ1) is 22.8. The molecule has 0 bridgehead atoms. The van der Waals surface area contributed by atoms with E-state index in [1.54, 1.807) is 49.9 Å². The van der Waals surface area contributed by atoms with Crippen molar-refractivity contribution in [2.24, 2.45) is 11.8 Å². The predicted molar refractivity (Wildman–Crippen MR) is 179 cm³/mol. The molecule has 6 rings (SSSR count). The van der Waals surface area contributed by atoms with Crippen molar-refractivity contribution < 1.29 is 38.2 Å². The summed E-state index contributed by atoms with van der Waals surface area (Å²) >= 11 is 0. The number of nitrogens with one attached hydrogen (secondary N) is 1. The summed E-state index contributed by atoms with van der Waals surface area (Å²) in [7, 11) is 0. The summed E-state index contributed by atoms with van der Waals surface area (Å²) in [6.07, 6.45) is 11.6. The van der Waals surface area contributed by atoms with E-state index in [-0.39, 0.29) is 48.9 Å². The lowest BCUT2D eigenvalue weighted by Crippen LogP contribution is -2.34. The number of rotatable bonds is 6. The van der Waals surface area contributed by atoms with Gasteiger partial charge in [0.05, 0.1) is 30.6 Å². The van der Waals surface area contributed by atoms with E-state index >= 15 is 0 Å². The number of para-hydroxylation sites is 1. The number of pyridine rings is 2. The van der Waals surface area contributed by atoms with Crippen molar-refractivity contribution in [3.8, 4) is 0 Å². The first kappa shape index (κ1) is 37.5. The highest BCUT2D eigenvalue weighted by Crippen LogP contribution is 2.47. The summed E-state index contributed by atoms with van der Waals surface area (Å²) in [5.74, 6) is -0.512. The molecule has 2 aromatic heterocycles. The minimum atomic E-state index is -0.580. The number of nitrogens with zero attached hydrogens (tertiary/aromatic N) is 2. The number of anilines is 1. The number of hydrogen-bond donors (Lipinski definition) is 1. The summed E-state index contributed by atoms with van der Waals surface area (Å²) in [5, 5.41) is 2.79. The fourth-order valence-electron chi connectivity index (χ4n) is 5.84. The minimum Gasteiger partial charge on any atom is -0.466 e. The van der Waals surface area contributed by atoms with Crippen molar-refractivity contribution in [3.63, 3.8) is 0 Å². The number of amides is 1. The molecule has 11 nitrogen and oxygen atoms in total. The topological polar surface area (TPSA) is 151 Å². The highest BCUT2D eigenvalue weighted by atomic mass is 16.6. The van der Waals surface area contributed by atoms with Gasteiger partial charge in [0.25, 0.3) is 5.91 Å². The van der Waals surface area contributed by atoms with Crippen LogP contribution in [0.1, 0.15) is 98.9 Å². The van der Waals surface area contributed by atoms with Crippen LogP contribution in [0.4, 0.5) is 5.69 Å². The molecular formula is C37H45N3O8. The highest BCUT2D eigenvalue weighted by molar-refractivity contribution is 6.04. The van der Waals surface area contributed by atoms with E-state index < -0.39 is 5.60 Å². The molecule has 11 heteroatoms. The Bertz CT molecular complexity index is 1510. The van der Waals surface area contributed by atoms with Crippen molar-refractivity contribution in [1.29, 1.82) is 0 Å². The van der Waals surface area contributed by atoms with E-state index in [0.29, 0.717) is 75.7 Å². The van der Waals surface area contributed by atoms with Crippen LogP contribution in [0.25, 0.3) is 0 Å². The van der Waals surface area contributed by atoms with Gasteiger partial charge in [-0.1, -0.05) is 25.6 Å². The van der Waals surface area contributed by atoms with E-state index in [1.165, 1.54) is 0 Å². The molecule has 1 amide bonds. The van der Waals surface area contributed by atoms with E-state index in [9.17, 15) is 24.0 Å². The van der Waals surface area contributed by atoms with Crippen LogP contribution in [0.15, 0.2) is 73.3 Å². The highest BCUT2D eigenvalue weighted by Gasteiger charge is 2.48. The molecule has 3 aromatic rings. The lowest BCUT2D eigenvalue weighted by atomic mass is 9.75. The van der Waals surface area contributed by atoms with Gasteiger partial charge >= 0.3 is 17.9 Å². The number of Topliss-reactive ketones (excluding diaryl/α,β-unsaturated/α-hetero) is 1. The normalized spacial score (nSPS) is 19.5. The SMILES string of the molecule is C.CCOC(=O)C1CCC(=O)CC1.CCOC(=O)C1CCC2(CC1)OC(=O)c1ccncc12.O=C(Nc1ccccc1)c1ccncc1. The molecule has 2 saturated carbocycles. The van der Waals surface area contributed by atoms with Crippen LogP contribution >= 0.6 is 0 Å². The third-order valence-electron chi connectivity index (χ3n) is 8.37. The lowest BCUT2D eigenvalue weighted by Gasteiger charge is -2.35. The third kappa shape index (κ3) is 10.0. The number of hydrogen-bond acceptors (Lipinski definition) is 10. The Morgan fingerprint density at radius 1 is 0.812 bits per heavy atom. The average Bonchev–Trinajstić information content (AvgIpc) is 3.37. The molecule has 2 aliphatic carbocycles. The fraction of sp³-hybridized carbons (Fsp3) is 0.432. The average molecular weight is 660 g/mol. The molecule has 2 fully saturated rings. The van der Waals surface area contributed by atoms with Gasteiger partial charge in [0, 0.05) is 54.4 Å². The van der Waals surface area contributed by atoms with Crippen LogP contribution in [-0.4, -0.2) is 52.8 Å². The van der Waals surface area contributed by atoms with Gasteiger partial charge in [-0.05, 0) is 82.7 Å². The molecule has 1 aliphatic heterocycles. The minimum absolute atomic E-state index is 0. The number of aromatic nitrogens is 2. The van der Waals surface area contributed by atoms with Gasteiger partial charge in [-0.25, -0.2) is 4.79 Å². The number of benzene rings is 1. The van der Waals surface area contributed by atoms with Crippen LogP contribution < -0.4 is 5.32 Å². The van der Waals surface area contributed by atoms with E-state index in [0.717, 1.165) is 11.3 Å². The van der Waals surface area contributed by atoms with Crippen molar-refractivity contribution in [3.05, 3.63) is 90.0 Å². The van der Waals surface area contributed by atoms with Crippen LogP contribution in [0.2, 0.25) is 0 Å². The molecule has 1 N–H and O–H groups in total. The second-order valence-corrected chi connectivity index (χ2v) is 11.5.